The molecule has 0 unspecified atom stereocenters. The third-order valence-corrected chi connectivity index (χ3v) is 4.08. The normalized spacial score (nSPS) is 9.77. The quantitative estimate of drug-likeness (QED) is 0.455. The molecule has 5 heteroatoms. The van der Waals surface area contributed by atoms with Crippen molar-refractivity contribution in [3.8, 4) is 0 Å². The first-order valence-electron chi connectivity index (χ1n) is 3.42. The molecule has 0 saturated carbocycles. The fourth-order valence-corrected chi connectivity index (χ4v) is 1.88. The summed E-state index contributed by atoms with van der Waals surface area (Å²) in [5.41, 5.74) is 0.577. The van der Waals surface area contributed by atoms with Crippen molar-refractivity contribution in [2.45, 2.75) is 0 Å². The first kappa shape index (κ1) is 11.2. The zero-order valence-corrected chi connectivity index (χ0v) is 11.3. The average molecular weight is 368 g/mol. The summed E-state index contributed by atoms with van der Waals surface area (Å²) >= 11 is 5.43. The van der Waals surface area contributed by atoms with Crippen molar-refractivity contribution in [1.82, 2.24) is 0 Å². The maximum atomic E-state index is 11.3. The van der Waals surface area contributed by atoms with Crippen LogP contribution in [-0.4, -0.2) is 22.4 Å². The molecule has 1 rings (SSSR count). The lowest BCUT2D eigenvalue weighted by molar-refractivity contribution is 0.0572. The Hall–Kier alpha value is 0.117. The Morgan fingerprint density at radius 3 is 2.92 bits per heavy atom. The summed E-state index contributed by atoms with van der Waals surface area (Å²) in [6.45, 7) is 0. The van der Waals surface area contributed by atoms with Crippen molar-refractivity contribution in [3.63, 3.8) is 0 Å². The van der Waals surface area contributed by atoms with E-state index >= 15 is 0 Å². The Balaban J connectivity index is 3.01. The number of benzene rings is 1. The topological polar surface area (TPSA) is 26.3 Å². The van der Waals surface area contributed by atoms with Gasteiger partial charge in [-0.05, 0) is 50.7 Å². The summed E-state index contributed by atoms with van der Waals surface area (Å²) in [7, 11) is 3.08. The Bertz CT molecular complexity index is 330. The molecule has 0 aliphatic carbocycles. The predicted octanol–water partition coefficient (Wildman–Crippen LogP) is 2.34. The van der Waals surface area contributed by atoms with Gasteiger partial charge in [0.1, 0.15) is 0 Å². The molecule has 0 amide bonds. The highest BCUT2D eigenvalue weighted by atomic mass is 127. The maximum absolute atomic E-state index is 11.3. The van der Waals surface area contributed by atoms with E-state index in [9.17, 15) is 4.79 Å². The zero-order valence-electron chi connectivity index (χ0n) is 6.51. The molecule has 3 radical (unpaired) electrons. The molecule has 1 aromatic carbocycles. The molecule has 0 aliphatic rings. The smallest absolute Gasteiger partial charge is 0.338 e. The van der Waals surface area contributed by atoms with Gasteiger partial charge >= 0.3 is 5.97 Å². The van der Waals surface area contributed by atoms with E-state index in [4.69, 9.17) is 4.74 Å². The van der Waals surface area contributed by atoms with E-state index in [2.05, 4.69) is 48.8 Å². The van der Waals surface area contributed by atoms with Gasteiger partial charge < -0.3 is 4.74 Å². The minimum atomic E-state index is -0.319. The highest BCUT2D eigenvalue weighted by Gasteiger charge is 2.11. The fourth-order valence-electron chi connectivity index (χ4n) is 0.805. The third kappa shape index (κ3) is 2.78. The highest BCUT2D eigenvalue weighted by molar-refractivity contribution is 14.1. The Morgan fingerprint density at radius 1 is 1.62 bits per heavy atom. The van der Waals surface area contributed by atoms with Gasteiger partial charge in [-0.1, -0.05) is 6.07 Å². The summed E-state index contributed by atoms with van der Waals surface area (Å²) in [5, 5.41) is 0. The summed E-state index contributed by atoms with van der Waals surface area (Å²) in [4.78, 5) is 11.3. The predicted molar refractivity (Wildman–Crippen MR) is 62.9 cm³/mol. The van der Waals surface area contributed by atoms with Crippen molar-refractivity contribution >= 4 is 54.7 Å². The molecule has 0 saturated heterocycles. The molecule has 0 spiro atoms. The molecule has 0 heterocycles. The van der Waals surface area contributed by atoms with Crippen molar-refractivity contribution in [3.05, 3.63) is 31.8 Å². The molecule has 0 aromatic heterocycles. The van der Waals surface area contributed by atoms with Gasteiger partial charge in [0, 0.05) is 8.04 Å². The Labute approximate surface area is 102 Å². The van der Waals surface area contributed by atoms with Crippen LogP contribution in [0.5, 0.6) is 0 Å². The lowest BCUT2D eigenvalue weighted by Crippen LogP contribution is -2.08. The molecule has 1 aromatic rings. The van der Waals surface area contributed by atoms with E-state index in [1.54, 1.807) is 12.1 Å². The summed E-state index contributed by atoms with van der Waals surface area (Å²) in [6, 6.07) is 5.42. The van der Waals surface area contributed by atoms with E-state index < -0.39 is 0 Å². The minimum absolute atomic E-state index is 0.210. The molecular weight excluding hydrogens is 363 g/mol. The molecule has 0 fully saturated rings. The van der Waals surface area contributed by atoms with Crippen LogP contribution in [0.4, 0.5) is 0 Å². The van der Waals surface area contributed by atoms with Crippen LogP contribution in [-0.2, 0) is 4.74 Å². The van der Waals surface area contributed by atoms with Crippen LogP contribution in [0, 0.1) is 3.57 Å². The largest absolute Gasteiger partial charge is 0.467 e. The second-order valence-electron chi connectivity index (χ2n) is 2.18. The number of carbonyl (C=O) groups is 1. The van der Waals surface area contributed by atoms with Crippen LogP contribution in [0.1, 0.15) is 10.4 Å². The first-order valence-corrected chi connectivity index (χ1v) is 6.00. The number of carbonyl (C=O) groups excluding carboxylic acids is 1. The van der Waals surface area contributed by atoms with Gasteiger partial charge in [-0.15, -0.1) is 0 Å². The molecule has 0 atom stereocenters. The SMILES string of the molecule is O=C(OC[Si])c1cccc(Br)c1I. The Kier molecular flexibility index (Phi) is 4.40. The van der Waals surface area contributed by atoms with E-state index in [0.29, 0.717) is 5.56 Å². The van der Waals surface area contributed by atoms with Crippen molar-refractivity contribution < 1.29 is 9.53 Å². The number of ether oxygens (including phenoxy) is 1. The number of esters is 1. The van der Waals surface area contributed by atoms with Gasteiger partial charge in [-0.2, -0.15) is 0 Å². The van der Waals surface area contributed by atoms with Crippen LogP contribution < -0.4 is 0 Å². The van der Waals surface area contributed by atoms with Gasteiger partial charge in [0.2, 0.25) is 0 Å². The third-order valence-electron chi connectivity index (χ3n) is 1.37. The lowest BCUT2D eigenvalue weighted by atomic mass is 10.2. The van der Waals surface area contributed by atoms with Gasteiger partial charge in [0.25, 0.3) is 0 Å². The van der Waals surface area contributed by atoms with Crippen molar-refractivity contribution in [2.24, 2.45) is 0 Å². The van der Waals surface area contributed by atoms with E-state index in [1.807, 2.05) is 6.07 Å². The van der Waals surface area contributed by atoms with Gasteiger partial charge in [-0.3, -0.25) is 0 Å². The summed E-state index contributed by atoms with van der Waals surface area (Å²) in [6.07, 6.45) is 0.210. The molecule has 67 valence electrons. The molecule has 0 aliphatic heterocycles. The lowest BCUT2D eigenvalue weighted by Gasteiger charge is -2.04. The highest BCUT2D eigenvalue weighted by Crippen LogP contribution is 2.22. The number of rotatable bonds is 2. The van der Waals surface area contributed by atoms with E-state index in [-0.39, 0.29) is 12.2 Å². The zero-order chi connectivity index (χ0) is 9.84. The summed E-state index contributed by atoms with van der Waals surface area (Å²) < 4.78 is 6.58. The van der Waals surface area contributed by atoms with Gasteiger partial charge in [0.15, 0.2) is 0 Å². The monoisotopic (exact) mass is 367 g/mol. The minimum Gasteiger partial charge on any atom is -0.467 e. The summed E-state index contributed by atoms with van der Waals surface area (Å²) in [5.74, 6) is -0.319. The molecule has 0 bridgehead atoms. The molecule has 0 N–H and O–H groups in total. The van der Waals surface area contributed by atoms with Gasteiger partial charge in [-0.25, -0.2) is 4.79 Å². The fraction of sp³-hybridized carbons (Fsp3) is 0.125. The number of halogens is 2. The molecular formula is C8H5BrIO2Si. The molecule has 2 nitrogen and oxygen atoms in total. The second-order valence-corrected chi connectivity index (χ2v) is 4.40. The standard InChI is InChI=1S/C8H5BrIO2Si/c9-6-3-1-2-5(7(6)10)8(11)12-4-13/h1-3H,4H2. The maximum Gasteiger partial charge on any atom is 0.338 e. The molecule has 13 heavy (non-hydrogen) atoms. The van der Waals surface area contributed by atoms with Crippen LogP contribution in [0.25, 0.3) is 0 Å². The van der Waals surface area contributed by atoms with Crippen molar-refractivity contribution in [1.29, 1.82) is 0 Å². The Morgan fingerprint density at radius 2 is 2.31 bits per heavy atom. The van der Waals surface area contributed by atoms with Gasteiger partial charge in [0.05, 0.1) is 22.0 Å². The van der Waals surface area contributed by atoms with Crippen molar-refractivity contribution in [2.75, 3.05) is 6.23 Å². The van der Waals surface area contributed by atoms with Crippen LogP contribution in [0.2, 0.25) is 0 Å². The first-order chi connectivity index (χ1) is 6.16. The number of hydrogen-bond donors (Lipinski definition) is 0. The average Bonchev–Trinajstić information content (AvgIpc) is 2.10. The van der Waals surface area contributed by atoms with Crippen LogP contribution >= 0.6 is 38.5 Å². The second kappa shape index (κ2) is 5.11. The van der Waals surface area contributed by atoms with E-state index in [0.717, 1.165) is 8.04 Å². The van der Waals surface area contributed by atoms with Crippen LogP contribution in [0.3, 0.4) is 0 Å². The van der Waals surface area contributed by atoms with Crippen LogP contribution in [0.15, 0.2) is 22.7 Å². The number of hydrogen-bond acceptors (Lipinski definition) is 2. The van der Waals surface area contributed by atoms with E-state index in [1.165, 1.54) is 0 Å².